The van der Waals surface area contributed by atoms with Crippen molar-refractivity contribution in [3.05, 3.63) is 102 Å². The molecule has 0 aliphatic carbocycles. The summed E-state index contributed by atoms with van der Waals surface area (Å²) in [5.41, 5.74) is 5.59. The van der Waals surface area contributed by atoms with E-state index in [-0.39, 0.29) is 5.91 Å². The summed E-state index contributed by atoms with van der Waals surface area (Å²) in [7, 11) is 1.34. The largest absolute Gasteiger partial charge is 0.465 e. The first-order chi connectivity index (χ1) is 14.6. The molecule has 0 aromatic heterocycles. The van der Waals surface area contributed by atoms with Crippen molar-refractivity contribution < 1.29 is 14.3 Å². The van der Waals surface area contributed by atoms with Crippen molar-refractivity contribution in [3.63, 3.8) is 0 Å². The number of benzene rings is 3. The minimum absolute atomic E-state index is 0.260. The Hall–Kier alpha value is -3.38. The van der Waals surface area contributed by atoms with Crippen molar-refractivity contribution in [2.45, 2.75) is 17.1 Å². The molecule has 0 aliphatic heterocycles. The van der Waals surface area contributed by atoms with Crippen molar-refractivity contribution in [1.82, 2.24) is 5.43 Å². The summed E-state index contributed by atoms with van der Waals surface area (Å²) in [5.74, 6) is -0.691. The van der Waals surface area contributed by atoms with Gasteiger partial charge in [0.1, 0.15) is 0 Å². The number of nitrogens with zero attached hydrogens (tertiary/aromatic N) is 1. The molecule has 1 N–H and O–H groups in total. The van der Waals surface area contributed by atoms with Gasteiger partial charge in [-0.15, -0.1) is 11.8 Å². The van der Waals surface area contributed by atoms with Gasteiger partial charge in [-0.2, -0.15) is 5.10 Å². The third-order valence-corrected chi connectivity index (χ3v) is 5.52. The van der Waals surface area contributed by atoms with Gasteiger partial charge in [-0.05, 0) is 19.1 Å². The molecule has 5 nitrogen and oxygen atoms in total. The molecule has 0 fully saturated rings. The van der Waals surface area contributed by atoms with E-state index >= 15 is 0 Å². The summed E-state index contributed by atoms with van der Waals surface area (Å²) < 4.78 is 4.82. The molecular weight excluding hydrogens is 396 g/mol. The smallest absolute Gasteiger partial charge is 0.338 e. The Morgan fingerprint density at radius 1 is 0.867 bits per heavy atom. The molecule has 0 radical (unpaired) electrons. The molecule has 0 heterocycles. The van der Waals surface area contributed by atoms with E-state index in [4.69, 9.17) is 4.74 Å². The third-order valence-electron chi connectivity index (χ3n) is 4.34. The third kappa shape index (κ3) is 5.36. The van der Waals surface area contributed by atoms with Crippen LogP contribution in [-0.4, -0.2) is 29.9 Å². The monoisotopic (exact) mass is 418 g/mol. The summed E-state index contributed by atoms with van der Waals surface area (Å²) in [6.07, 6.45) is 0. The van der Waals surface area contributed by atoms with Crippen molar-refractivity contribution in [3.8, 4) is 0 Å². The minimum Gasteiger partial charge on any atom is -0.465 e. The number of esters is 1. The Balaban J connectivity index is 1.78. The van der Waals surface area contributed by atoms with Gasteiger partial charge in [0.2, 0.25) is 0 Å². The zero-order valence-electron chi connectivity index (χ0n) is 16.7. The lowest BCUT2D eigenvalue weighted by atomic mass is 10.0. The molecule has 3 aromatic rings. The number of carbonyl (C=O) groups is 2. The van der Waals surface area contributed by atoms with Crippen LogP contribution in [0.25, 0.3) is 0 Å². The van der Waals surface area contributed by atoms with E-state index in [9.17, 15) is 9.59 Å². The molecule has 6 heteroatoms. The van der Waals surface area contributed by atoms with Crippen LogP contribution in [0.2, 0.25) is 0 Å². The van der Waals surface area contributed by atoms with Gasteiger partial charge in [-0.3, -0.25) is 4.79 Å². The second-order valence-corrected chi connectivity index (χ2v) is 7.80. The summed E-state index contributed by atoms with van der Waals surface area (Å²) in [6, 6.07) is 26.4. The molecule has 1 atom stereocenters. The Bertz CT molecular complexity index is 995. The van der Waals surface area contributed by atoms with Gasteiger partial charge in [-0.1, -0.05) is 72.8 Å². The summed E-state index contributed by atoms with van der Waals surface area (Å²) in [4.78, 5) is 25.3. The van der Waals surface area contributed by atoms with Gasteiger partial charge in [0.15, 0.2) is 0 Å². The highest BCUT2D eigenvalue weighted by atomic mass is 32.2. The minimum atomic E-state index is -0.465. The first-order valence-electron chi connectivity index (χ1n) is 9.42. The molecule has 0 unspecified atom stereocenters. The second kappa shape index (κ2) is 10.4. The molecule has 0 saturated carbocycles. The number of methoxy groups -OCH3 is 1. The highest BCUT2D eigenvalue weighted by Gasteiger charge is 2.19. The highest BCUT2D eigenvalue weighted by molar-refractivity contribution is 8.00. The maximum atomic E-state index is 12.7. The number of thioether (sulfide) groups is 1. The molecule has 0 aliphatic rings. The Morgan fingerprint density at radius 2 is 1.40 bits per heavy atom. The summed E-state index contributed by atoms with van der Waals surface area (Å²) >= 11 is 1.28. The highest BCUT2D eigenvalue weighted by Crippen LogP contribution is 2.27. The predicted octanol–water partition coefficient (Wildman–Crippen LogP) is 4.52. The maximum Gasteiger partial charge on any atom is 0.338 e. The first kappa shape index (κ1) is 21.3. The Morgan fingerprint density at radius 3 is 1.97 bits per heavy atom. The van der Waals surface area contributed by atoms with Crippen molar-refractivity contribution >= 4 is 29.4 Å². The SMILES string of the molecule is COC(=O)c1ccccc1S[C@@H](C)C(=O)NN=C(c1ccccc1)c1ccccc1. The molecule has 0 spiro atoms. The van der Waals surface area contributed by atoms with Crippen LogP contribution in [0.5, 0.6) is 0 Å². The van der Waals surface area contributed by atoms with E-state index in [0.29, 0.717) is 16.2 Å². The lowest BCUT2D eigenvalue weighted by Gasteiger charge is -2.13. The zero-order chi connectivity index (χ0) is 21.3. The second-order valence-electron chi connectivity index (χ2n) is 6.42. The van der Waals surface area contributed by atoms with Crippen LogP contribution in [0.1, 0.15) is 28.4 Å². The van der Waals surface area contributed by atoms with Crippen molar-refractivity contribution in [1.29, 1.82) is 0 Å². The molecule has 0 bridgehead atoms. The van der Waals surface area contributed by atoms with E-state index in [2.05, 4.69) is 10.5 Å². The lowest BCUT2D eigenvalue weighted by molar-refractivity contribution is -0.120. The number of amides is 1. The van der Waals surface area contributed by atoms with E-state index in [0.717, 1.165) is 11.1 Å². The Kier molecular flexibility index (Phi) is 7.40. The topological polar surface area (TPSA) is 67.8 Å². The van der Waals surface area contributed by atoms with E-state index < -0.39 is 11.2 Å². The summed E-state index contributed by atoms with van der Waals surface area (Å²) in [5, 5.41) is 3.95. The average Bonchev–Trinajstić information content (AvgIpc) is 2.80. The van der Waals surface area contributed by atoms with E-state index in [1.165, 1.54) is 18.9 Å². The quantitative estimate of drug-likeness (QED) is 0.265. The maximum absolute atomic E-state index is 12.7. The fourth-order valence-corrected chi connectivity index (χ4v) is 3.76. The van der Waals surface area contributed by atoms with Gasteiger partial charge >= 0.3 is 5.97 Å². The average molecular weight is 419 g/mol. The van der Waals surface area contributed by atoms with Crippen LogP contribution >= 0.6 is 11.8 Å². The molecule has 0 saturated heterocycles. The zero-order valence-corrected chi connectivity index (χ0v) is 17.6. The van der Waals surface area contributed by atoms with Crippen LogP contribution in [0, 0.1) is 0 Å². The first-order valence-corrected chi connectivity index (χ1v) is 10.3. The van der Waals surface area contributed by atoms with Crippen LogP contribution in [0.3, 0.4) is 0 Å². The van der Waals surface area contributed by atoms with Gasteiger partial charge < -0.3 is 4.74 Å². The number of rotatable bonds is 7. The fourth-order valence-electron chi connectivity index (χ4n) is 2.78. The van der Waals surface area contributed by atoms with Gasteiger partial charge in [-0.25, -0.2) is 10.2 Å². The van der Waals surface area contributed by atoms with E-state index in [1.807, 2.05) is 66.7 Å². The van der Waals surface area contributed by atoms with Gasteiger partial charge in [0, 0.05) is 16.0 Å². The van der Waals surface area contributed by atoms with Crippen LogP contribution in [0.4, 0.5) is 0 Å². The number of hydrogen-bond donors (Lipinski definition) is 1. The predicted molar refractivity (Wildman–Crippen MR) is 120 cm³/mol. The van der Waals surface area contributed by atoms with Crippen molar-refractivity contribution in [2.75, 3.05) is 7.11 Å². The number of carbonyl (C=O) groups excluding carboxylic acids is 2. The summed E-state index contributed by atoms with van der Waals surface area (Å²) in [6.45, 7) is 1.77. The molecule has 3 aromatic carbocycles. The van der Waals surface area contributed by atoms with Crippen LogP contribution in [0.15, 0.2) is 94.9 Å². The number of hydrogen-bond acceptors (Lipinski definition) is 5. The van der Waals surface area contributed by atoms with Gasteiger partial charge in [0.05, 0.1) is 23.6 Å². The van der Waals surface area contributed by atoms with Gasteiger partial charge in [0.25, 0.3) is 5.91 Å². The van der Waals surface area contributed by atoms with E-state index in [1.54, 1.807) is 25.1 Å². The standard InChI is InChI=1S/C24H22N2O3S/c1-17(30-21-16-10-9-15-20(21)24(28)29-2)23(27)26-25-22(18-11-5-3-6-12-18)19-13-7-4-8-14-19/h3-17H,1-2H3,(H,26,27)/t17-/m0/s1. The molecule has 3 rings (SSSR count). The van der Waals surface area contributed by atoms with Crippen LogP contribution in [-0.2, 0) is 9.53 Å². The number of hydrazone groups is 1. The van der Waals surface area contributed by atoms with Crippen LogP contribution < -0.4 is 5.43 Å². The Labute approximate surface area is 180 Å². The normalized spacial score (nSPS) is 11.3. The molecule has 1 amide bonds. The molecular formula is C24H22N2O3S. The number of ether oxygens (including phenoxy) is 1. The molecule has 152 valence electrons. The van der Waals surface area contributed by atoms with Crippen molar-refractivity contribution in [2.24, 2.45) is 5.10 Å². The fraction of sp³-hybridized carbons (Fsp3) is 0.125. The number of nitrogens with one attached hydrogen (secondary N) is 1. The molecule has 30 heavy (non-hydrogen) atoms. The lowest BCUT2D eigenvalue weighted by Crippen LogP contribution is -2.28.